The van der Waals surface area contributed by atoms with Gasteiger partial charge in [0.25, 0.3) is 0 Å². The molecule has 1 aliphatic rings. The summed E-state index contributed by atoms with van der Waals surface area (Å²) >= 11 is 0. The second-order valence-electron chi connectivity index (χ2n) is 5.94. The number of aromatic nitrogens is 2. The Morgan fingerprint density at radius 3 is 2.17 bits per heavy atom. The van der Waals surface area contributed by atoms with Crippen molar-refractivity contribution in [2.45, 2.75) is 45.1 Å². The van der Waals surface area contributed by atoms with Gasteiger partial charge in [-0.3, -0.25) is 0 Å². The predicted molar refractivity (Wildman–Crippen MR) is 73.0 cm³/mol. The van der Waals surface area contributed by atoms with Gasteiger partial charge in [0.05, 0.1) is 6.10 Å². The Balaban J connectivity index is 2.02. The van der Waals surface area contributed by atoms with Crippen molar-refractivity contribution in [1.82, 2.24) is 9.97 Å². The van der Waals surface area contributed by atoms with E-state index in [1.165, 1.54) is 5.56 Å². The van der Waals surface area contributed by atoms with Gasteiger partial charge in [-0.25, -0.2) is 9.97 Å². The van der Waals surface area contributed by atoms with Gasteiger partial charge in [0, 0.05) is 32.6 Å². The summed E-state index contributed by atoms with van der Waals surface area (Å²) in [6.45, 7) is 8.49. The lowest BCUT2D eigenvalue weighted by Crippen LogP contribution is -2.37. The van der Waals surface area contributed by atoms with Gasteiger partial charge in [-0.05, 0) is 23.8 Å². The average molecular weight is 249 g/mol. The number of ether oxygens (including phenoxy) is 1. The van der Waals surface area contributed by atoms with Crippen molar-refractivity contribution in [3.8, 4) is 0 Å². The van der Waals surface area contributed by atoms with Crippen LogP contribution in [0, 0.1) is 0 Å². The lowest BCUT2D eigenvalue weighted by Gasteiger charge is -2.31. The van der Waals surface area contributed by atoms with E-state index in [0.717, 1.165) is 31.9 Å². The fourth-order valence-corrected chi connectivity index (χ4v) is 2.16. The maximum atomic E-state index is 5.37. The summed E-state index contributed by atoms with van der Waals surface area (Å²) in [6.07, 6.45) is 6.41. The largest absolute Gasteiger partial charge is 0.381 e. The topological polar surface area (TPSA) is 38.2 Å². The van der Waals surface area contributed by atoms with Crippen LogP contribution < -0.4 is 4.90 Å². The zero-order chi connectivity index (χ0) is 13.2. The third-order valence-electron chi connectivity index (χ3n) is 3.56. The van der Waals surface area contributed by atoms with Crippen LogP contribution in [0.2, 0.25) is 0 Å². The highest BCUT2D eigenvalue weighted by Gasteiger charge is 2.21. The summed E-state index contributed by atoms with van der Waals surface area (Å²) in [7, 11) is 1.79. The van der Waals surface area contributed by atoms with E-state index in [1.54, 1.807) is 7.11 Å². The lowest BCUT2D eigenvalue weighted by atomic mass is 9.89. The molecule has 1 fully saturated rings. The first-order chi connectivity index (χ1) is 8.50. The van der Waals surface area contributed by atoms with Gasteiger partial charge < -0.3 is 9.64 Å². The average Bonchev–Trinajstić information content (AvgIpc) is 2.38. The molecule has 0 N–H and O–H groups in total. The molecule has 0 aromatic carbocycles. The Bertz CT molecular complexity index is 375. The van der Waals surface area contributed by atoms with Crippen molar-refractivity contribution in [3.63, 3.8) is 0 Å². The first kappa shape index (κ1) is 13.3. The van der Waals surface area contributed by atoms with Crippen LogP contribution in [0.4, 0.5) is 5.95 Å². The third kappa shape index (κ3) is 2.99. The number of methoxy groups -OCH3 is 1. The fourth-order valence-electron chi connectivity index (χ4n) is 2.16. The van der Waals surface area contributed by atoms with Crippen molar-refractivity contribution in [2.24, 2.45) is 0 Å². The second-order valence-corrected chi connectivity index (χ2v) is 5.94. The quantitative estimate of drug-likeness (QED) is 0.806. The van der Waals surface area contributed by atoms with Gasteiger partial charge >= 0.3 is 0 Å². The van der Waals surface area contributed by atoms with Crippen molar-refractivity contribution in [3.05, 3.63) is 18.0 Å². The summed E-state index contributed by atoms with van der Waals surface area (Å²) in [5, 5.41) is 0. The van der Waals surface area contributed by atoms with Crippen LogP contribution >= 0.6 is 0 Å². The first-order valence-electron chi connectivity index (χ1n) is 6.61. The molecule has 4 heteroatoms. The molecular weight excluding hydrogens is 226 g/mol. The summed E-state index contributed by atoms with van der Waals surface area (Å²) in [5.74, 6) is 0.845. The normalized spacial score (nSPS) is 18.1. The van der Waals surface area contributed by atoms with Crippen LogP contribution in [0.3, 0.4) is 0 Å². The van der Waals surface area contributed by atoms with E-state index in [2.05, 4.69) is 35.6 Å². The number of nitrogens with zero attached hydrogens (tertiary/aromatic N) is 3. The minimum atomic E-state index is 0.113. The second kappa shape index (κ2) is 5.22. The zero-order valence-corrected chi connectivity index (χ0v) is 11.8. The molecule has 0 atom stereocenters. The Labute approximate surface area is 109 Å². The standard InChI is InChI=1S/C14H23N3O/c1-14(2,3)11-9-15-13(16-10-11)17-7-5-12(18-4)6-8-17/h9-10,12H,5-8H2,1-4H3. The molecule has 100 valence electrons. The van der Waals surface area contributed by atoms with Crippen molar-refractivity contribution in [2.75, 3.05) is 25.1 Å². The lowest BCUT2D eigenvalue weighted by molar-refractivity contribution is 0.0816. The van der Waals surface area contributed by atoms with E-state index < -0.39 is 0 Å². The van der Waals surface area contributed by atoms with E-state index >= 15 is 0 Å². The molecule has 1 aliphatic heterocycles. The molecule has 0 aliphatic carbocycles. The molecule has 0 amide bonds. The number of piperidine rings is 1. The number of hydrogen-bond donors (Lipinski definition) is 0. The van der Waals surface area contributed by atoms with Crippen molar-refractivity contribution >= 4 is 5.95 Å². The minimum Gasteiger partial charge on any atom is -0.381 e. The van der Waals surface area contributed by atoms with Gasteiger partial charge in [-0.1, -0.05) is 20.8 Å². The molecule has 1 aromatic heterocycles. The molecule has 18 heavy (non-hydrogen) atoms. The van der Waals surface area contributed by atoms with Gasteiger partial charge in [-0.15, -0.1) is 0 Å². The Kier molecular flexibility index (Phi) is 3.85. The Morgan fingerprint density at radius 1 is 1.17 bits per heavy atom. The van der Waals surface area contributed by atoms with Crippen LogP contribution in [0.25, 0.3) is 0 Å². The molecule has 1 saturated heterocycles. The molecule has 2 heterocycles. The van der Waals surface area contributed by atoms with Crippen LogP contribution in [-0.4, -0.2) is 36.3 Å². The van der Waals surface area contributed by atoms with Gasteiger partial charge in [0.2, 0.25) is 5.95 Å². The van der Waals surface area contributed by atoms with E-state index in [1.807, 2.05) is 12.4 Å². The first-order valence-corrected chi connectivity index (χ1v) is 6.61. The van der Waals surface area contributed by atoms with Crippen molar-refractivity contribution in [1.29, 1.82) is 0 Å². The number of anilines is 1. The Morgan fingerprint density at radius 2 is 1.72 bits per heavy atom. The number of hydrogen-bond acceptors (Lipinski definition) is 4. The summed E-state index contributed by atoms with van der Waals surface area (Å²) in [6, 6.07) is 0. The smallest absolute Gasteiger partial charge is 0.225 e. The van der Waals surface area contributed by atoms with Crippen LogP contribution in [0.15, 0.2) is 12.4 Å². The third-order valence-corrected chi connectivity index (χ3v) is 3.56. The minimum absolute atomic E-state index is 0.113. The van der Waals surface area contributed by atoms with Crippen LogP contribution in [-0.2, 0) is 10.2 Å². The number of rotatable bonds is 2. The van der Waals surface area contributed by atoms with Crippen LogP contribution in [0.5, 0.6) is 0 Å². The van der Waals surface area contributed by atoms with Crippen LogP contribution in [0.1, 0.15) is 39.2 Å². The van der Waals surface area contributed by atoms with Gasteiger partial charge in [0.15, 0.2) is 0 Å². The molecule has 2 rings (SSSR count). The predicted octanol–water partition coefficient (Wildman–Crippen LogP) is 2.39. The molecule has 0 spiro atoms. The summed E-state index contributed by atoms with van der Waals surface area (Å²) in [5.41, 5.74) is 1.29. The molecular formula is C14H23N3O. The molecule has 0 saturated carbocycles. The highest BCUT2D eigenvalue weighted by molar-refractivity contribution is 5.31. The molecule has 0 bridgehead atoms. The van der Waals surface area contributed by atoms with E-state index in [4.69, 9.17) is 4.74 Å². The molecule has 0 radical (unpaired) electrons. The van der Waals surface area contributed by atoms with E-state index in [-0.39, 0.29) is 5.41 Å². The maximum Gasteiger partial charge on any atom is 0.225 e. The highest BCUT2D eigenvalue weighted by Crippen LogP contribution is 2.22. The zero-order valence-electron chi connectivity index (χ0n) is 11.8. The van der Waals surface area contributed by atoms with Gasteiger partial charge in [-0.2, -0.15) is 0 Å². The molecule has 0 unspecified atom stereocenters. The fraction of sp³-hybridized carbons (Fsp3) is 0.714. The highest BCUT2D eigenvalue weighted by atomic mass is 16.5. The Hall–Kier alpha value is -1.16. The van der Waals surface area contributed by atoms with Gasteiger partial charge in [0.1, 0.15) is 0 Å². The maximum absolute atomic E-state index is 5.37. The molecule has 1 aromatic rings. The van der Waals surface area contributed by atoms with Crippen molar-refractivity contribution < 1.29 is 4.74 Å². The monoisotopic (exact) mass is 249 g/mol. The summed E-state index contributed by atoms with van der Waals surface area (Å²) < 4.78 is 5.37. The summed E-state index contributed by atoms with van der Waals surface area (Å²) in [4.78, 5) is 11.2. The van der Waals surface area contributed by atoms with E-state index in [0.29, 0.717) is 6.10 Å². The SMILES string of the molecule is COC1CCN(c2ncc(C(C)(C)C)cn2)CC1. The van der Waals surface area contributed by atoms with E-state index in [9.17, 15) is 0 Å². The molecule has 4 nitrogen and oxygen atoms in total.